The molecule has 0 atom stereocenters. The summed E-state index contributed by atoms with van der Waals surface area (Å²) in [5, 5.41) is 0. The van der Waals surface area contributed by atoms with Crippen molar-refractivity contribution in [3.63, 3.8) is 0 Å². The van der Waals surface area contributed by atoms with E-state index in [4.69, 9.17) is 0 Å². The number of hydrogen-bond donors (Lipinski definition) is 0. The van der Waals surface area contributed by atoms with E-state index in [0.29, 0.717) is 3.43 Å². The van der Waals surface area contributed by atoms with E-state index in [-0.39, 0.29) is 0 Å². The van der Waals surface area contributed by atoms with Crippen LogP contribution in [0.3, 0.4) is 0 Å². The summed E-state index contributed by atoms with van der Waals surface area (Å²) in [6.45, 7) is 12.1. The third kappa shape index (κ3) is 4.55. The molecule has 0 saturated carbocycles. The third-order valence-corrected chi connectivity index (χ3v) is 22.6. The van der Waals surface area contributed by atoms with Crippen LogP contribution in [0.2, 0.25) is 17.2 Å². The second kappa shape index (κ2) is 6.40. The summed E-state index contributed by atoms with van der Waals surface area (Å²) in [5.74, 6) is 0. The maximum absolute atomic E-state index is 2.69. The number of hydrogen-bond acceptors (Lipinski definition) is 0. The third-order valence-electron chi connectivity index (χ3n) is 3.97. The van der Waals surface area contributed by atoms with E-state index >= 15 is 0 Å². The van der Waals surface area contributed by atoms with Gasteiger partial charge in [-0.05, 0) is 0 Å². The van der Waals surface area contributed by atoms with Crippen molar-refractivity contribution in [2.75, 3.05) is 0 Å². The fraction of sp³-hybridized carbons (Fsp3) is 1.00. The van der Waals surface area contributed by atoms with E-state index < -0.39 is 18.4 Å². The summed E-state index contributed by atoms with van der Waals surface area (Å²) in [4.78, 5) is 2.69. The second-order valence-electron chi connectivity index (χ2n) is 6.02. The summed E-state index contributed by atoms with van der Waals surface area (Å²) >= 11 is -1.78. The molecule has 0 rings (SSSR count). The Morgan fingerprint density at radius 2 is 1.21 bits per heavy atom. The molecule has 0 aliphatic heterocycles. The van der Waals surface area contributed by atoms with Gasteiger partial charge in [0.15, 0.2) is 0 Å². The van der Waals surface area contributed by atoms with Crippen LogP contribution in [0.15, 0.2) is 0 Å². The van der Waals surface area contributed by atoms with Crippen molar-refractivity contribution in [2.24, 2.45) is 0 Å². The fourth-order valence-corrected chi connectivity index (χ4v) is 13.5. The van der Waals surface area contributed by atoms with Crippen LogP contribution in [0.4, 0.5) is 0 Å². The van der Waals surface area contributed by atoms with Crippen molar-refractivity contribution in [2.45, 2.75) is 77.5 Å². The Morgan fingerprint density at radius 3 is 1.43 bits per heavy atom. The van der Waals surface area contributed by atoms with Crippen LogP contribution in [0.5, 0.6) is 0 Å². The Kier molecular flexibility index (Phi) is 6.76. The van der Waals surface area contributed by atoms with Gasteiger partial charge in [0.1, 0.15) is 0 Å². The van der Waals surface area contributed by atoms with Crippen LogP contribution in [0, 0.1) is 0 Å². The van der Waals surface area contributed by atoms with E-state index in [0.717, 1.165) is 0 Å². The van der Waals surface area contributed by atoms with Crippen LogP contribution in [-0.2, 0) is 0 Å². The number of rotatable bonds is 6. The molecular weight excluding hydrogens is 275 g/mol. The zero-order chi connectivity index (χ0) is 11.2. The van der Waals surface area contributed by atoms with E-state index in [9.17, 15) is 0 Å². The molecular formula is C13H30Sn. The Hall–Kier alpha value is 0.799. The van der Waals surface area contributed by atoms with Gasteiger partial charge in [0.05, 0.1) is 0 Å². The molecule has 0 fully saturated rings. The first-order chi connectivity index (χ1) is 6.37. The monoisotopic (exact) mass is 306 g/mol. The van der Waals surface area contributed by atoms with Crippen LogP contribution >= 0.6 is 0 Å². The molecule has 14 heavy (non-hydrogen) atoms. The standard InChI is InChI=1S/3C4H9.CH3.Sn/c1-4(2)3;2*1-3-4-2;;/h1-3H3;2*1,3-4H2,2H3;1H3;. The molecule has 1 heteroatoms. The van der Waals surface area contributed by atoms with Crippen LogP contribution in [-0.4, -0.2) is 18.4 Å². The molecule has 0 aromatic carbocycles. The average Bonchev–Trinajstić information content (AvgIpc) is 2.09. The summed E-state index contributed by atoms with van der Waals surface area (Å²) in [6.07, 6.45) is 5.73. The molecule has 0 aromatic heterocycles. The zero-order valence-electron chi connectivity index (χ0n) is 11.2. The first-order valence-corrected chi connectivity index (χ1v) is 14.7. The minimum atomic E-state index is -1.78. The van der Waals surface area contributed by atoms with Crippen molar-refractivity contribution in [3.05, 3.63) is 0 Å². The second-order valence-corrected chi connectivity index (χ2v) is 22.1. The van der Waals surface area contributed by atoms with Gasteiger partial charge in [-0.3, -0.25) is 0 Å². The Balaban J connectivity index is 4.33. The zero-order valence-corrected chi connectivity index (χ0v) is 14.1. The van der Waals surface area contributed by atoms with Gasteiger partial charge in [-0.15, -0.1) is 0 Å². The summed E-state index contributed by atoms with van der Waals surface area (Å²) in [7, 11) is 0. The Bertz CT molecular complexity index is 136. The maximum atomic E-state index is 2.69. The summed E-state index contributed by atoms with van der Waals surface area (Å²) in [6, 6.07) is 0. The molecule has 0 bridgehead atoms. The van der Waals surface area contributed by atoms with Gasteiger partial charge in [0.2, 0.25) is 0 Å². The minimum absolute atomic E-state index is 0.666. The quantitative estimate of drug-likeness (QED) is 0.571. The van der Waals surface area contributed by atoms with Gasteiger partial charge in [0, 0.05) is 0 Å². The molecule has 0 radical (unpaired) electrons. The Labute approximate surface area is 95.7 Å². The molecule has 0 amide bonds. The molecule has 0 heterocycles. The normalized spacial score (nSPS) is 13.3. The first kappa shape index (κ1) is 14.8. The summed E-state index contributed by atoms with van der Waals surface area (Å²) < 4.78 is 3.88. The van der Waals surface area contributed by atoms with Crippen molar-refractivity contribution in [1.29, 1.82) is 0 Å². The fourth-order valence-electron chi connectivity index (χ4n) is 2.01. The average molecular weight is 305 g/mol. The van der Waals surface area contributed by atoms with Crippen molar-refractivity contribution >= 4 is 18.4 Å². The number of unbranched alkanes of at least 4 members (excludes halogenated alkanes) is 2. The van der Waals surface area contributed by atoms with E-state index in [1.807, 2.05) is 0 Å². The predicted molar refractivity (Wildman–Crippen MR) is 70.8 cm³/mol. The van der Waals surface area contributed by atoms with E-state index in [1.54, 1.807) is 8.87 Å². The molecule has 86 valence electrons. The van der Waals surface area contributed by atoms with Gasteiger partial charge >= 0.3 is 95.9 Å². The molecule has 0 aliphatic carbocycles. The molecule has 0 spiro atoms. The molecule has 0 aliphatic rings. The van der Waals surface area contributed by atoms with Gasteiger partial charge in [-0.1, -0.05) is 0 Å². The SMILES string of the molecule is CCC[CH2][Sn]([CH3])([CH2]CCC)[C](C)(C)C. The van der Waals surface area contributed by atoms with Gasteiger partial charge < -0.3 is 0 Å². The Morgan fingerprint density at radius 1 is 0.857 bits per heavy atom. The molecule has 0 unspecified atom stereocenters. The topological polar surface area (TPSA) is 0 Å². The molecule has 0 saturated heterocycles. The molecule has 0 aromatic rings. The molecule has 0 nitrogen and oxygen atoms in total. The first-order valence-electron chi connectivity index (χ1n) is 6.37. The van der Waals surface area contributed by atoms with Crippen molar-refractivity contribution in [3.8, 4) is 0 Å². The van der Waals surface area contributed by atoms with Crippen LogP contribution in [0.25, 0.3) is 0 Å². The van der Waals surface area contributed by atoms with Crippen molar-refractivity contribution in [1.82, 2.24) is 0 Å². The van der Waals surface area contributed by atoms with Gasteiger partial charge in [-0.25, -0.2) is 0 Å². The summed E-state index contributed by atoms with van der Waals surface area (Å²) in [5.41, 5.74) is 0. The van der Waals surface area contributed by atoms with Gasteiger partial charge in [0.25, 0.3) is 0 Å². The van der Waals surface area contributed by atoms with Crippen LogP contribution in [0.1, 0.15) is 60.3 Å². The van der Waals surface area contributed by atoms with Gasteiger partial charge in [-0.2, -0.15) is 0 Å². The van der Waals surface area contributed by atoms with E-state index in [1.165, 1.54) is 25.7 Å². The predicted octanol–water partition coefficient (Wildman–Crippen LogP) is 5.47. The van der Waals surface area contributed by atoms with Crippen LogP contribution < -0.4 is 0 Å². The molecule has 0 N–H and O–H groups in total. The van der Waals surface area contributed by atoms with E-state index in [2.05, 4.69) is 39.6 Å². The van der Waals surface area contributed by atoms with Crippen molar-refractivity contribution < 1.29 is 0 Å².